The number of rotatable bonds is 7. The van der Waals surface area contributed by atoms with E-state index >= 15 is 0 Å². The van der Waals surface area contributed by atoms with Gasteiger partial charge in [0, 0.05) is 6.08 Å². The standard InChI is InChI=1S/C27H28O7/c1-26(2)32-17-27(3,18-33-26)25(31)34-24-14-8-20(9-15-24)7-13-23(30)16-22(29)12-6-19-4-10-21(28)11-5-19/h4-16,28,30H,17-18H2,1-3H3/b12-6+,13-7+,23-16-. The first-order chi connectivity index (χ1) is 16.0. The van der Waals surface area contributed by atoms with Gasteiger partial charge < -0.3 is 24.4 Å². The number of allylic oxidation sites excluding steroid dienone is 3. The van der Waals surface area contributed by atoms with Gasteiger partial charge in [0.2, 0.25) is 0 Å². The number of carbonyl (C=O) groups excluding carboxylic acids is 2. The quantitative estimate of drug-likeness (QED) is 0.199. The smallest absolute Gasteiger partial charge is 0.321 e. The Bertz CT molecular complexity index is 1100. The number of phenols is 1. The minimum absolute atomic E-state index is 0.143. The van der Waals surface area contributed by atoms with E-state index in [0.717, 1.165) is 17.2 Å². The molecule has 1 fully saturated rings. The van der Waals surface area contributed by atoms with E-state index in [2.05, 4.69) is 0 Å². The number of hydrogen-bond acceptors (Lipinski definition) is 7. The van der Waals surface area contributed by atoms with Gasteiger partial charge in [0.25, 0.3) is 0 Å². The Morgan fingerprint density at radius 1 is 0.882 bits per heavy atom. The van der Waals surface area contributed by atoms with Crippen LogP contribution in [0.1, 0.15) is 31.9 Å². The van der Waals surface area contributed by atoms with Gasteiger partial charge in [-0.2, -0.15) is 0 Å². The van der Waals surface area contributed by atoms with E-state index in [1.165, 1.54) is 24.3 Å². The number of carbonyl (C=O) groups is 2. The summed E-state index contributed by atoms with van der Waals surface area (Å²) in [6.45, 7) is 5.73. The molecule has 3 rings (SSSR count). The van der Waals surface area contributed by atoms with E-state index in [4.69, 9.17) is 14.2 Å². The lowest BCUT2D eigenvalue weighted by molar-refractivity contribution is -0.279. The fourth-order valence-corrected chi connectivity index (χ4v) is 2.93. The van der Waals surface area contributed by atoms with E-state index in [1.807, 2.05) is 0 Å². The Balaban J connectivity index is 1.54. The van der Waals surface area contributed by atoms with Gasteiger partial charge >= 0.3 is 5.97 Å². The average molecular weight is 465 g/mol. The topological polar surface area (TPSA) is 102 Å². The Morgan fingerprint density at radius 3 is 2.00 bits per heavy atom. The van der Waals surface area contributed by atoms with Crippen LogP contribution in [0.4, 0.5) is 0 Å². The first kappa shape index (κ1) is 25.0. The summed E-state index contributed by atoms with van der Waals surface area (Å²) in [6, 6.07) is 13.1. The number of aromatic hydroxyl groups is 1. The highest BCUT2D eigenvalue weighted by atomic mass is 16.7. The van der Waals surface area contributed by atoms with Crippen molar-refractivity contribution < 1.29 is 34.0 Å². The van der Waals surface area contributed by atoms with Crippen molar-refractivity contribution in [2.75, 3.05) is 13.2 Å². The molecule has 34 heavy (non-hydrogen) atoms. The number of ether oxygens (including phenoxy) is 3. The van der Waals surface area contributed by atoms with Crippen molar-refractivity contribution in [3.63, 3.8) is 0 Å². The summed E-state index contributed by atoms with van der Waals surface area (Å²) in [6.07, 6.45) is 7.03. The normalized spacial score (nSPS) is 17.7. The predicted molar refractivity (Wildman–Crippen MR) is 128 cm³/mol. The van der Waals surface area contributed by atoms with E-state index in [0.29, 0.717) is 5.75 Å². The van der Waals surface area contributed by atoms with E-state index < -0.39 is 17.2 Å². The molecule has 1 saturated heterocycles. The molecule has 0 bridgehead atoms. The van der Waals surface area contributed by atoms with Crippen LogP contribution in [0, 0.1) is 5.41 Å². The fourth-order valence-electron chi connectivity index (χ4n) is 2.93. The average Bonchev–Trinajstić information content (AvgIpc) is 2.80. The molecule has 1 aliphatic heterocycles. The Morgan fingerprint density at radius 2 is 1.41 bits per heavy atom. The lowest BCUT2D eigenvalue weighted by atomic mass is 9.92. The van der Waals surface area contributed by atoms with Crippen molar-refractivity contribution in [1.29, 1.82) is 0 Å². The maximum atomic E-state index is 12.6. The van der Waals surface area contributed by atoms with Gasteiger partial charge in [0.1, 0.15) is 22.7 Å². The number of aliphatic hydroxyl groups is 1. The first-order valence-electron chi connectivity index (χ1n) is 10.7. The molecule has 0 unspecified atom stereocenters. The Labute approximate surface area is 198 Å². The Kier molecular flexibility index (Phi) is 7.71. The lowest BCUT2D eigenvalue weighted by Gasteiger charge is -2.39. The number of benzene rings is 2. The molecular weight excluding hydrogens is 436 g/mol. The highest BCUT2D eigenvalue weighted by molar-refractivity contribution is 6.02. The third kappa shape index (κ3) is 7.16. The highest BCUT2D eigenvalue weighted by Crippen LogP contribution is 2.31. The maximum absolute atomic E-state index is 12.6. The second kappa shape index (κ2) is 10.5. The zero-order chi connectivity index (χ0) is 24.8. The maximum Gasteiger partial charge on any atom is 0.321 e. The van der Waals surface area contributed by atoms with Crippen LogP contribution in [-0.4, -0.2) is 41.0 Å². The molecule has 0 amide bonds. The molecular formula is C27H28O7. The van der Waals surface area contributed by atoms with E-state index in [1.54, 1.807) is 69.3 Å². The van der Waals surface area contributed by atoms with Crippen LogP contribution in [0.25, 0.3) is 12.2 Å². The number of esters is 1. The van der Waals surface area contributed by atoms with E-state index in [-0.39, 0.29) is 30.5 Å². The molecule has 0 aromatic heterocycles. The van der Waals surface area contributed by atoms with Crippen molar-refractivity contribution in [2.45, 2.75) is 26.6 Å². The van der Waals surface area contributed by atoms with Crippen molar-refractivity contribution in [1.82, 2.24) is 0 Å². The molecule has 7 heteroatoms. The monoisotopic (exact) mass is 464 g/mol. The van der Waals surface area contributed by atoms with Gasteiger partial charge in [-0.05, 0) is 68.3 Å². The van der Waals surface area contributed by atoms with Gasteiger partial charge in [-0.3, -0.25) is 9.59 Å². The largest absolute Gasteiger partial charge is 0.508 e. The molecule has 2 aromatic carbocycles. The van der Waals surface area contributed by atoms with Crippen molar-refractivity contribution in [3.8, 4) is 11.5 Å². The lowest BCUT2D eigenvalue weighted by Crippen LogP contribution is -2.50. The molecule has 0 radical (unpaired) electrons. The van der Waals surface area contributed by atoms with Gasteiger partial charge in [0.05, 0.1) is 13.2 Å². The molecule has 0 atom stereocenters. The summed E-state index contributed by atoms with van der Waals surface area (Å²) < 4.78 is 16.6. The molecule has 2 N–H and O–H groups in total. The summed E-state index contributed by atoms with van der Waals surface area (Å²) >= 11 is 0. The van der Waals surface area contributed by atoms with Crippen LogP contribution in [0.2, 0.25) is 0 Å². The number of hydrogen-bond donors (Lipinski definition) is 2. The van der Waals surface area contributed by atoms with Gasteiger partial charge in [-0.15, -0.1) is 0 Å². The van der Waals surface area contributed by atoms with Gasteiger partial charge in [-0.25, -0.2) is 0 Å². The van der Waals surface area contributed by atoms with Crippen LogP contribution in [0.15, 0.2) is 72.5 Å². The number of ketones is 1. The van der Waals surface area contributed by atoms with Gasteiger partial charge in [0.15, 0.2) is 11.6 Å². The molecule has 0 spiro atoms. The molecule has 1 aliphatic rings. The van der Waals surface area contributed by atoms with Crippen molar-refractivity contribution in [2.24, 2.45) is 5.41 Å². The zero-order valence-corrected chi connectivity index (χ0v) is 19.4. The highest BCUT2D eigenvalue weighted by Gasteiger charge is 2.43. The molecule has 2 aromatic rings. The summed E-state index contributed by atoms with van der Waals surface area (Å²) in [5.74, 6) is -1.23. The summed E-state index contributed by atoms with van der Waals surface area (Å²) in [4.78, 5) is 24.5. The summed E-state index contributed by atoms with van der Waals surface area (Å²) in [7, 11) is 0. The SMILES string of the molecule is CC1(C)OCC(C)(C(=O)Oc2ccc(/C=C/C(O)=C/C(=O)/C=C/c3ccc(O)cc3)cc2)CO1. The number of phenolic OH excluding ortho intramolecular Hbond substituents is 1. The minimum Gasteiger partial charge on any atom is -0.508 e. The molecule has 178 valence electrons. The molecule has 1 heterocycles. The second-order valence-corrected chi connectivity index (χ2v) is 8.73. The van der Waals surface area contributed by atoms with Gasteiger partial charge in [-0.1, -0.05) is 36.4 Å². The van der Waals surface area contributed by atoms with E-state index in [9.17, 15) is 19.8 Å². The fraction of sp³-hybridized carbons (Fsp3) is 0.259. The number of aliphatic hydroxyl groups excluding tert-OH is 1. The Hall–Kier alpha value is -3.68. The van der Waals surface area contributed by atoms with Crippen LogP contribution >= 0.6 is 0 Å². The third-order valence-corrected chi connectivity index (χ3v) is 5.13. The van der Waals surface area contributed by atoms with Crippen LogP contribution < -0.4 is 4.74 Å². The second-order valence-electron chi connectivity index (χ2n) is 8.73. The summed E-state index contributed by atoms with van der Waals surface area (Å²) in [5.41, 5.74) is 0.592. The first-order valence-corrected chi connectivity index (χ1v) is 10.7. The zero-order valence-electron chi connectivity index (χ0n) is 19.4. The molecule has 0 aliphatic carbocycles. The summed E-state index contributed by atoms with van der Waals surface area (Å²) in [5, 5.41) is 19.3. The van der Waals surface area contributed by atoms with Crippen LogP contribution in [0.3, 0.4) is 0 Å². The van der Waals surface area contributed by atoms with Crippen LogP contribution in [0.5, 0.6) is 11.5 Å². The predicted octanol–water partition coefficient (Wildman–Crippen LogP) is 4.82. The van der Waals surface area contributed by atoms with Crippen molar-refractivity contribution in [3.05, 3.63) is 83.6 Å². The van der Waals surface area contributed by atoms with Crippen molar-refractivity contribution >= 4 is 23.9 Å². The third-order valence-electron chi connectivity index (χ3n) is 5.13. The minimum atomic E-state index is -0.895. The molecule has 0 saturated carbocycles. The molecule has 7 nitrogen and oxygen atoms in total. The van der Waals surface area contributed by atoms with Crippen LogP contribution in [-0.2, 0) is 19.1 Å².